The molecule has 1 aromatic heterocycles. The zero-order chi connectivity index (χ0) is 21.4. The Bertz CT molecular complexity index is 1330. The zero-order valence-corrected chi connectivity index (χ0v) is 19.5. The number of hydrogen-bond acceptors (Lipinski definition) is 6. The van der Waals surface area contributed by atoms with E-state index in [4.69, 9.17) is 0 Å². The van der Waals surface area contributed by atoms with E-state index >= 15 is 0 Å². The van der Waals surface area contributed by atoms with Crippen LogP contribution in [0.5, 0.6) is 0 Å². The summed E-state index contributed by atoms with van der Waals surface area (Å²) in [6.07, 6.45) is 4.65. The minimum Gasteiger partial charge on any atom is -0.360 e. The topological polar surface area (TPSA) is 79.4 Å². The lowest BCUT2D eigenvalue weighted by molar-refractivity contribution is 0.119. The van der Waals surface area contributed by atoms with Gasteiger partial charge in [-0.2, -0.15) is 4.31 Å². The van der Waals surface area contributed by atoms with Gasteiger partial charge in [0.2, 0.25) is 10.0 Å². The lowest BCUT2D eigenvalue weighted by Gasteiger charge is -2.43. The highest BCUT2D eigenvalue weighted by atomic mass is 32.2. The number of thiazole rings is 1. The van der Waals surface area contributed by atoms with Gasteiger partial charge in [0.05, 0.1) is 25.9 Å². The molecule has 6 nitrogen and oxygen atoms in total. The van der Waals surface area contributed by atoms with E-state index in [0.29, 0.717) is 23.9 Å². The molecule has 1 unspecified atom stereocenters. The van der Waals surface area contributed by atoms with Crippen molar-refractivity contribution in [2.75, 3.05) is 24.7 Å². The van der Waals surface area contributed by atoms with E-state index in [9.17, 15) is 12.6 Å². The molecule has 0 radical (unpaired) electrons. The van der Waals surface area contributed by atoms with Crippen molar-refractivity contribution in [1.82, 2.24) is 9.29 Å². The normalized spacial score (nSPS) is 24.9. The molecule has 1 saturated heterocycles. The molecule has 0 amide bonds. The molecular formula is C22H23N3O3S3. The lowest BCUT2D eigenvalue weighted by atomic mass is 9.93. The van der Waals surface area contributed by atoms with Gasteiger partial charge in [-0.3, -0.25) is 4.21 Å². The second kappa shape index (κ2) is 6.84. The van der Waals surface area contributed by atoms with E-state index in [0.717, 1.165) is 40.2 Å². The van der Waals surface area contributed by atoms with Crippen LogP contribution in [0, 0.1) is 5.92 Å². The van der Waals surface area contributed by atoms with Crippen LogP contribution in [0.4, 0.5) is 5.13 Å². The van der Waals surface area contributed by atoms with Crippen molar-refractivity contribution in [3.63, 3.8) is 0 Å². The van der Waals surface area contributed by atoms with E-state index in [1.807, 2.05) is 12.1 Å². The maximum Gasteiger partial charge on any atom is 0.243 e. The van der Waals surface area contributed by atoms with E-state index in [-0.39, 0.29) is 10.8 Å². The summed E-state index contributed by atoms with van der Waals surface area (Å²) in [4.78, 5) is 4.91. The fourth-order valence-corrected chi connectivity index (χ4v) is 8.56. The summed E-state index contributed by atoms with van der Waals surface area (Å²) >= 11 is 1.45. The van der Waals surface area contributed by atoms with E-state index < -0.39 is 20.8 Å². The average molecular weight is 474 g/mol. The summed E-state index contributed by atoms with van der Waals surface area (Å²) in [5.41, 5.74) is 3.20. The Morgan fingerprint density at radius 1 is 1.26 bits per heavy atom. The third kappa shape index (κ3) is 3.08. The Morgan fingerprint density at radius 3 is 2.84 bits per heavy atom. The van der Waals surface area contributed by atoms with Crippen LogP contribution >= 0.6 is 11.3 Å². The van der Waals surface area contributed by atoms with Crippen LogP contribution in [0.15, 0.2) is 47.4 Å². The van der Waals surface area contributed by atoms with E-state index in [1.54, 1.807) is 28.8 Å². The summed E-state index contributed by atoms with van der Waals surface area (Å²) in [5, 5.41) is 4.06. The maximum atomic E-state index is 13.4. The summed E-state index contributed by atoms with van der Waals surface area (Å²) in [6, 6.07) is 13.3. The van der Waals surface area contributed by atoms with E-state index in [1.165, 1.54) is 16.9 Å². The monoisotopic (exact) mass is 473 g/mol. The smallest absolute Gasteiger partial charge is 0.243 e. The summed E-state index contributed by atoms with van der Waals surface area (Å²) in [5.74, 6) is 0.383. The summed E-state index contributed by atoms with van der Waals surface area (Å²) in [6.45, 7) is 1.21. The molecule has 1 N–H and O–H groups in total. The number of anilines is 1. The second-order valence-electron chi connectivity index (χ2n) is 8.82. The molecule has 162 valence electrons. The van der Waals surface area contributed by atoms with Crippen molar-refractivity contribution >= 4 is 47.5 Å². The molecule has 3 atom stereocenters. The van der Waals surface area contributed by atoms with Gasteiger partial charge in [0.1, 0.15) is 0 Å². The molecular weight excluding hydrogens is 450 g/mol. The van der Waals surface area contributed by atoms with Gasteiger partial charge in [0.25, 0.3) is 0 Å². The first-order valence-electron chi connectivity index (χ1n) is 10.5. The largest absolute Gasteiger partial charge is 0.360 e. The van der Waals surface area contributed by atoms with Crippen LogP contribution in [0.25, 0.3) is 10.2 Å². The molecule has 9 heteroatoms. The SMILES string of the molecule is CS(=O)C1(CNc2nc3ccc(S(=O)(=O)N4C[C@@H]5Cc6ccccc6[C@@H]54)cc3s2)CC1. The van der Waals surface area contributed by atoms with Crippen LogP contribution < -0.4 is 5.32 Å². The summed E-state index contributed by atoms with van der Waals surface area (Å²) < 4.78 is 41.1. The van der Waals surface area contributed by atoms with Crippen molar-refractivity contribution in [1.29, 1.82) is 0 Å². The molecule has 0 spiro atoms. The van der Waals surface area contributed by atoms with Gasteiger partial charge in [0, 0.05) is 30.1 Å². The van der Waals surface area contributed by atoms with Crippen molar-refractivity contribution in [2.45, 2.75) is 34.9 Å². The molecule has 31 heavy (non-hydrogen) atoms. The fraction of sp³-hybridized carbons (Fsp3) is 0.409. The third-order valence-corrected chi connectivity index (χ3v) is 11.6. The highest BCUT2D eigenvalue weighted by molar-refractivity contribution is 7.89. The number of hydrogen-bond donors (Lipinski definition) is 1. The highest BCUT2D eigenvalue weighted by Gasteiger charge is 2.51. The predicted molar refractivity (Wildman–Crippen MR) is 124 cm³/mol. The van der Waals surface area contributed by atoms with Crippen LogP contribution in [-0.2, 0) is 27.2 Å². The van der Waals surface area contributed by atoms with Gasteiger partial charge < -0.3 is 5.32 Å². The molecule has 2 heterocycles. The van der Waals surface area contributed by atoms with Crippen LogP contribution in [0.2, 0.25) is 0 Å². The van der Waals surface area contributed by atoms with Gasteiger partial charge in [-0.15, -0.1) is 0 Å². The van der Waals surface area contributed by atoms with Gasteiger partial charge >= 0.3 is 0 Å². The highest BCUT2D eigenvalue weighted by Crippen LogP contribution is 2.50. The minimum atomic E-state index is -3.57. The van der Waals surface area contributed by atoms with Crippen LogP contribution in [-0.4, -0.2) is 46.0 Å². The van der Waals surface area contributed by atoms with Crippen molar-refractivity contribution < 1.29 is 12.6 Å². The molecule has 1 saturated carbocycles. The van der Waals surface area contributed by atoms with Crippen LogP contribution in [0.3, 0.4) is 0 Å². The zero-order valence-electron chi connectivity index (χ0n) is 17.1. The minimum absolute atomic E-state index is 0.0415. The molecule has 2 aliphatic carbocycles. The quantitative estimate of drug-likeness (QED) is 0.592. The Balaban J connectivity index is 1.26. The average Bonchev–Trinajstić information content (AvgIpc) is 3.34. The van der Waals surface area contributed by atoms with Crippen molar-refractivity contribution in [3.05, 3.63) is 53.6 Å². The Hall–Kier alpha value is -1.81. The molecule has 3 aromatic rings. The summed E-state index contributed by atoms with van der Waals surface area (Å²) in [7, 11) is -4.43. The first-order valence-corrected chi connectivity index (χ1v) is 14.3. The molecule has 0 bridgehead atoms. The molecule has 3 aliphatic rings. The Labute approximate surface area is 188 Å². The number of nitrogens with zero attached hydrogens (tertiary/aromatic N) is 2. The van der Waals surface area contributed by atoms with E-state index in [2.05, 4.69) is 22.4 Å². The molecule has 2 aromatic carbocycles. The molecule has 2 fully saturated rings. The maximum absolute atomic E-state index is 13.4. The van der Waals surface area contributed by atoms with Crippen molar-refractivity contribution in [3.8, 4) is 0 Å². The predicted octanol–water partition coefficient (Wildman–Crippen LogP) is 3.54. The second-order valence-corrected chi connectivity index (χ2v) is 13.5. The first kappa shape index (κ1) is 19.8. The number of nitrogens with one attached hydrogen (secondary N) is 1. The standard InChI is InChI=1S/C22H23N3O3S3/c1-30(26)22(8-9-22)13-23-21-24-18-7-6-16(11-19(18)29-21)31(27,28)25-12-15-10-14-4-2-3-5-17(14)20(15)25/h2-7,11,15,20H,8-10,12-13H2,1H3,(H,23,24)/t15-,20+,30?/m0/s1. The van der Waals surface area contributed by atoms with Crippen LogP contribution in [0.1, 0.15) is 30.0 Å². The Morgan fingerprint density at radius 2 is 2.06 bits per heavy atom. The Kier molecular flexibility index (Phi) is 4.38. The molecule has 1 aliphatic heterocycles. The van der Waals surface area contributed by atoms with Crippen molar-refractivity contribution in [2.24, 2.45) is 5.92 Å². The lowest BCUT2D eigenvalue weighted by Crippen LogP contribution is -2.50. The fourth-order valence-electron chi connectivity index (χ4n) is 4.88. The number of sulfonamides is 1. The number of fused-ring (bicyclic) bond motifs is 4. The van der Waals surface area contributed by atoms with Gasteiger partial charge in [-0.05, 0) is 54.5 Å². The molecule has 6 rings (SSSR count). The number of benzene rings is 2. The van der Waals surface area contributed by atoms with Gasteiger partial charge in [-0.25, -0.2) is 13.4 Å². The third-order valence-electron chi connectivity index (χ3n) is 6.97. The van der Waals surface area contributed by atoms with Gasteiger partial charge in [-0.1, -0.05) is 35.6 Å². The first-order chi connectivity index (χ1) is 14.9. The van der Waals surface area contributed by atoms with Gasteiger partial charge in [0.15, 0.2) is 5.13 Å². The number of aromatic nitrogens is 1. The number of rotatable bonds is 6.